The van der Waals surface area contributed by atoms with Crippen molar-refractivity contribution < 1.29 is 19.4 Å². The molecular formula is C42H72O4. The standard InChI is InChI=1S/C42H72O4/c1-3-5-7-9-11-13-15-17-19-21-22-23-25-27-29-31-33-35-37-39-41(43)46-40(42(44)45)38-36-34-32-30-28-26-24-20-18-16-14-12-10-8-6-4-2/h5,7,11,13,17,19,22-23,27,29,40H,3-4,6,8-10,12,14-16,18,20-21,24-26,28,30-39H2,1-2H3,(H,44,45)/b7-5-,13-11-,19-17-,23-22-,29-27-. The molecule has 1 atom stereocenters. The zero-order valence-corrected chi connectivity index (χ0v) is 30.1. The number of carbonyl (C=O) groups is 2. The first-order valence-electron chi connectivity index (χ1n) is 19.3. The molecule has 0 spiro atoms. The maximum atomic E-state index is 12.2. The molecule has 0 fully saturated rings. The minimum absolute atomic E-state index is 0.300. The maximum Gasteiger partial charge on any atom is 0.345 e. The molecule has 0 amide bonds. The highest BCUT2D eigenvalue weighted by Gasteiger charge is 2.21. The van der Waals surface area contributed by atoms with Crippen LogP contribution in [0.4, 0.5) is 0 Å². The number of hydrogen-bond donors (Lipinski definition) is 1. The lowest BCUT2D eigenvalue weighted by Crippen LogP contribution is -2.27. The van der Waals surface area contributed by atoms with Gasteiger partial charge in [-0.2, -0.15) is 0 Å². The minimum atomic E-state index is -1.02. The van der Waals surface area contributed by atoms with Crippen molar-refractivity contribution in [3.63, 3.8) is 0 Å². The van der Waals surface area contributed by atoms with E-state index in [-0.39, 0.29) is 5.97 Å². The highest BCUT2D eigenvalue weighted by molar-refractivity contribution is 5.77. The first kappa shape index (κ1) is 43.6. The van der Waals surface area contributed by atoms with E-state index in [1.165, 1.54) is 83.5 Å². The number of esters is 1. The molecule has 0 aromatic heterocycles. The van der Waals surface area contributed by atoms with E-state index < -0.39 is 12.1 Å². The lowest BCUT2D eigenvalue weighted by atomic mass is 10.0. The molecule has 0 rings (SSSR count). The number of unbranched alkanes of at least 4 members (excludes halogenated alkanes) is 18. The molecule has 4 nitrogen and oxygen atoms in total. The van der Waals surface area contributed by atoms with Crippen LogP contribution in [0.1, 0.15) is 187 Å². The summed E-state index contributed by atoms with van der Waals surface area (Å²) in [4.78, 5) is 23.8. The second-order valence-corrected chi connectivity index (χ2v) is 12.7. The molecule has 4 heteroatoms. The fourth-order valence-electron chi connectivity index (χ4n) is 5.41. The molecule has 0 aromatic carbocycles. The number of rotatable bonds is 34. The Labute approximate surface area is 284 Å². The monoisotopic (exact) mass is 641 g/mol. The van der Waals surface area contributed by atoms with Crippen LogP contribution in [0.25, 0.3) is 0 Å². The van der Waals surface area contributed by atoms with Crippen LogP contribution >= 0.6 is 0 Å². The first-order valence-corrected chi connectivity index (χ1v) is 19.3. The zero-order chi connectivity index (χ0) is 33.6. The predicted octanol–water partition coefficient (Wildman–Crippen LogP) is 13.3. The number of ether oxygens (including phenoxy) is 1. The van der Waals surface area contributed by atoms with E-state index in [0.29, 0.717) is 12.8 Å². The average Bonchev–Trinajstić information content (AvgIpc) is 3.05. The highest BCUT2D eigenvalue weighted by Crippen LogP contribution is 2.16. The molecule has 264 valence electrons. The van der Waals surface area contributed by atoms with E-state index in [4.69, 9.17) is 4.74 Å². The summed E-state index contributed by atoms with van der Waals surface area (Å²) < 4.78 is 5.30. The molecule has 0 aliphatic heterocycles. The van der Waals surface area contributed by atoms with Gasteiger partial charge >= 0.3 is 11.9 Å². The Kier molecular flexibility index (Phi) is 35.2. The third kappa shape index (κ3) is 34.5. The number of carboxylic acids is 1. The van der Waals surface area contributed by atoms with Gasteiger partial charge in [0.25, 0.3) is 0 Å². The van der Waals surface area contributed by atoms with E-state index in [0.717, 1.165) is 77.0 Å². The van der Waals surface area contributed by atoms with Crippen LogP contribution in [0.5, 0.6) is 0 Å². The second-order valence-electron chi connectivity index (χ2n) is 12.7. The molecule has 0 aliphatic rings. The van der Waals surface area contributed by atoms with Gasteiger partial charge in [-0.25, -0.2) is 4.79 Å². The molecule has 0 aromatic rings. The maximum absolute atomic E-state index is 12.2. The summed E-state index contributed by atoms with van der Waals surface area (Å²) in [6.45, 7) is 4.42. The van der Waals surface area contributed by atoms with Gasteiger partial charge in [-0.15, -0.1) is 0 Å². The Morgan fingerprint density at radius 1 is 0.500 bits per heavy atom. The highest BCUT2D eigenvalue weighted by atomic mass is 16.6. The van der Waals surface area contributed by atoms with Gasteiger partial charge in [0.1, 0.15) is 0 Å². The Morgan fingerprint density at radius 3 is 1.33 bits per heavy atom. The summed E-state index contributed by atoms with van der Waals surface area (Å²) in [5, 5.41) is 9.48. The Hall–Kier alpha value is -2.36. The number of hydrogen-bond acceptors (Lipinski definition) is 3. The van der Waals surface area contributed by atoms with Gasteiger partial charge in [0.05, 0.1) is 0 Å². The van der Waals surface area contributed by atoms with Crippen LogP contribution in [-0.2, 0) is 14.3 Å². The van der Waals surface area contributed by atoms with Crippen LogP contribution < -0.4 is 0 Å². The molecule has 46 heavy (non-hydrogen) atoms. The van der Waals surface area contributed by atoms with Crippen molar-refractivity contribution in [2.24, 2.45) is 0 Å². The molecular weight excluding hydrogens is 568 g/mol. The number of carboxylic acid groups (broad SMARTS) is 1. The van der Waals surface area contributed by atoms with Crippen LogP contribution in [0, 0.1) is 0 Å². The normalized spacial score (nSPS) is 12.9. The van der Waals surface area contributed by atoms with E-state index in [1.54, 1.807) is 0 Å². The number of carbonyl (C=O) groups excluding carboxylic acids is 1. The van der Waals surface area contributed by atoms with Crippen molar-refractivity contribution in [3.05, 3.63) is 60.8 Å². The number of allylic oxidation sites excluding steroid dienone is 10. The van der Waals surface area contributed by atoms with Crippen molar-refractivity contribution in [2.75, 3.05) is 0 Å². The van der Waals surface area contributed by atoms with Gasteiger partial charge in [0, 0.05) is 6.42 Å². The van der Waals surface area contributed by atoms with E-state index in [1.807, 2.05) is 0 Å². The van der Waals surface area contributed by atoms with Crippen molar-refractivity contribution in [1.82, 2.24) is 0 Å². The quantitative estimate of drug-likeness (QED) is 0.0432. The van der Waals surface area contributed by atoms with Crippen molar-refractivity contribution in [1.29, 1.82) is 0 Å². The topological polar surface area (TPSA) is 63.6 Å². The average molecular weight is 641 g/mol. The molecule has 1 unspecified atom stereocenters. The van der Waals surface area contributed by atoms with Crippen molar-refractivity contribution >= 4 is 11.9 Å². The molecule has 0 radical (unpaired) electrons. The zero-order valence-electron chi connectivity index (χ0n) is 30.1. The van der Waals surface area contributed by atoms with Gasteiger partial charge in [0.2, 0.25) is 0 Å². The third-order valence-corrected chi connectivity index (χ3v) is 8.28. The first-order chi connectivity index (χ1) is 22.6. The second kappa shape index (κ2) is 37.1. The van der Waals surface area contributed by atoms with Crippen LogP contribution in [-0.4, -0.2) is 23.1 Å². The fourth-order valence-corrected chi connectivity index (χ4v) is 5.41. The molecule has 0 saturated heterocycles. The van der Waals surface area contributed by atoms with E-state index in [9.17, 15) is 14.7 Å². The van der Waals surface area contributed by atoms with Crippen LogP contribution in [0.3, 0.4) is 0 Å². The van der Waals surface area contributed by atoms with E-state index >= 15 is 0 Å². The fraction of sp³-hybridized carbons (Fsp3) is 0.714. The predicted molar refractivity (Wildman–Crippen MR) is 199 cm³/mol. The summed E-state index contributed by atoms with van der Waals surface area (Å²) in [5.41, 5.74) is 0. The van der Waals surface area contributed by atoms with Gasteiger partial charge in [0.15, 0.2) is 6.10 Å². The summed E-state index contributed by atoms with van der Waals surface area (Å²) in [7, 11) is 0. The SMILES string of the molecule is CC/C=C\C/C=C\C/C=C\C/C=C\C/C=C\CCCCCC(=O)OC(CCCCCCCCCCCCCCCCCC)C(=O)O. The minimum Gasteiger partial charge on any atom is -0.479 e. The molecule has 1 N–H and O–H groups in total. The lowest BCUT2D eigenvalue weighted by Gasteiger charge is -2.13. The third-order valence-electron chi connectivity index (χ3n) is 8.28. The molecule has 0 bridgehead atoms. The van der Waals surface area contributed by atoms with Gasteiger partial charge < -0.3 is 9.84 Å². The van der Waals surface area contributed by atoms with Gasteiger partial charge in [-0.1, -0.05) is 177 Å². The van der Waals surface area contributed by atoms with Crippen LogP contribution in [0.2, 0.25) is 0 Å². The summed E-state index contributed by atoms with van der Waals surface area (Å²) in [6.07, 6.45) is 51.1. The molecule has 0 saturated carbocycles. The summed E-state index contributed by atoms with van der Waals surface area (Å²) in [6, 6.07) is 0. The summed E-state index contributed by atoms with van der Waals surface area (Å²) in [5.74, 6) is -1.40. The lowest BCUT2D eigenvalue weighted by molar-refractivity contribution is -0.164. The largest absolute Gasteiger partial charge is 0.479 e. The molecule has 0 heterocycles. The van der Waals surface area contributed by atoms with Crippen LogP contribution in [0.15, 0.2) is 60.8 Å². The smallest absolute Gasteiger partial charge is 0.345 e. The Morgan fingerprint density at radius 2 is 0.891 bits per heavy atom. The summed E-state index contributed by atoms with van der Waals surface area (Å²) >= 11 is 0. The van der Waals surface area contributed by atoms with Gasteiger partial charge in [-0.3, -0.25) is 4.79 Å². The Bertz CT molecular complexity index is 820. The Balaban J connectivity index is 3.66. The number of aliphatic carboxylic acids is 1. The van der Waals surface area contributed by atoms with Crippen molar-refractivity contribution in [2.45, 2.75) is 193 Å². The van der Waals surface area contributed by atoms with Crippen molar-refractivity contribution in [3.8, 4) is 0 Å². The van der Waals surface area contributed by atoms with E-state index in [2.05, 4.69) is 74.6 Å². The van der Waals surface area contributed by atoms with Gasteiger partial charge in [-0.05, 0) is 64.2 Å². The molecule has 0 aliphatic carbocycles.